The van der Waals surface area contributed by atoms with E-state index in [1.807, 2.05) is 23.9 Å². The van der Waals surface area contributed by atoms with Crippen molar-refractivity contribution in [3.63, 3.8) is 0 Å². The Morgan fingerprint density at radius 1 is 1.04 bits per heavy atom. The Morgan fingerprint density at radius 3 is 2.52 bits per heavy atom. The Bertz CT molecular complexity index is 624. The van der Waals surface area contributed by atoms with Crippen molar-refractivity contribution in [2.24, 2.45) is 0 Å². The average molecular weight is 345 g/mol. The van der Waals surface area contributed by atoms with E-state index in [4.69, 9.17) is 12.2 Å². The van der Waals surface area contributed by atoms with Crippen LogP contribution >= 0.6 is 24.0 Å². The molecule has 0 amide bonds. The third-order valence-electron chi connectivity index (χ3n) is 3.58. The second kappa shape index (κ2) is 9.58. The van der Waals surface area contributed by atoms with Crippen molar-refractivity contribution in [2.45, 2.75) is 26.0 Å². The number of thiocarbonyl (C=S) groups is 1. The van der Waals surface area contributed by atoms with Crippen LogP contribution in [0.25, 0.3) is 0 Å². The van der Waals surface area contributed by atoms with E-state index in [0.717, 1.165) is 30.2 Å². The zero-order valence-corrected chi connectivity index (χ0v) is 15.4. The van der Waals surface area contributed by atoms with Gasteiger partial charge in [-0.25, -0.2) is 0 Å². The van der Waals surface area contributed by atoms with Crippen LogP contribution in [0.15, 0.2) is 48.5 Å². The Morgan fingerprint density at radius 2 is 1.78 bits per heavy atom. The van der Waals surface area contributed by atoms with Crippen LogP contribution in [0, 0.1) is 13.8 Å². The molecule has 2 aromatic carbocycles. The summed E-state index contributed by atoms with van der Waals surface area (Å²) in [6, 6.07) is 16.8. The maximum absolute atomic E-state index is 5.31. The molecular formula is C19H24N2S2. The number of aryl methyl sites for hydroxylation is 2. The van der Waals surface area contributed by atoms with E-state index in [0.29, 0.717) is 5.11 Å². The molecule has 0 fully saturated rings. The van der Waals surface area contributed by atoms with Crippen LogP contribution in [-0.4, -0.2) is 17.4 Å². The number of benzene rings is 2. The predicted molar refractivity (Wildman–Crippen MR) is 107 cm³/mol. The smallest absolute Gasteiger partial charge is 0.170 e. The van der Waals surface area contributed by atoms with Gasteiger partial charge in [-0.2, -0.15) is 11.8 Å². The molecule has 0 aromatic heterocycles. The van der Waals surface area contributed by atoms with Gasteiger partial charge in [0.2, 0.25) is 0 Å². The number of thioether (sulfide) groups is 1. The highest BCUT2D eigenvalue weighted by atomic mass is 32.2. The number of hydrogen-bond donors (Lipinski definition) is 2. The van der Waals surface area contributed by atoms with E-state index in [1.165, 1.54) is 16.7 Å². The van der Waals surface area contributed by atoms with Crippen molar-refractivity contribution in [3.05, 3.63) is 65.2 Å². The van der Waals surface area contributed by atoms with Crippen molar-refractivity contribution in [1.29, 1.82) is 0 Å². The van der Waals surface area contributed by atoms with Gasteiger partial charge in [-0.3, -0.25) is 0 Å². The Kier molecular flexibility index (Phi) is 7.43. The van der Waals surface area contributed by atoms with Gasteiger partial charge in [0, 0.05) is 18.0 Å². The first-order chi connectivity index (χ1) is 11.1. The summed E-state index contributed by atoms with van der Waals surface area (Å²) in [4.78, 5) is 0. The van der Waals surface area contributed by atoms with Crippen molar-refractivity contribution in [1.82, 2.24) is 5.32 Å². The van der Waals surface area contributed by atoms with Crippen molar-refractivity contribution in [3.8, 4) is 0 Å². The van der Waals surface area contributed by atoms with Crippen LogP contribution < -0.4 is 10.6 Å². The van der Waals surface area contributed by atoms with Crippen LogP contribution in [0.1, 0.15) is 23.1 Å². The monoisotopic (exact) mass is 344 g/mol. The van der Waals surface area contributed by atoms with E-state index in [-0.39, 0.29) is 0 Å². The lowest BCUT2D eigenvalue weighted by Crippen LogP contribution is -2.29. The fourth-order valence-electron chi connectivity index (χ4n) is 2.14. The zero-order chi connectivity index (χ0) is 16.5. The van der Waals surface area contributed by atoms with Crippen LogP contribution in [0.3, 0.4) is 0 Å². The second-order valence-electron chi connectivity index (χ2n) is 5.58. The predicted octanol–water partition coefficient (Wildman–Crippen LogP) is 4.91. The second-order valence-corrected chi connectivity index (χ2v) is 7.09. The molecular weight excluding hydrogens is 320 g/mol. The van der Waals surface area contributed by atoms with Gasteiger partial charge in [-0.15, -0.1) is 0 Å². The zero-order valence-electron chi connectivity index (χ0n) is 13.8. The first kappa shape index (κ1) is 17.8. The standard InChI is InChI=1S/C19H24N2S2/c1-15-8-10-18(11-9-15)21-19(22)20-12-5-13-23-14-17-7-4-3-6-16(17)2/h3-4,6-11H,5,12-14H2,1-2H3,(H2,20,21,22). The van der Waals surface area contributed by atoms with Gasteiger partial charge in [0.15, 0.2) is 5.11 Å². The van der Waals surface area contributed by atoms with Gasteiger partial charge in [-0.1, -0.05) is 42.0 Å². The summed E-state index contributed by atoms with van der Waals surface area (Å²) in [5.41, 5.74) is 5.09. The van der Waals surface area contributed by atoms with Crippen LogP contribution in [0.2, 0.25) is 0 Å². The third-order valence-corrected chi connectivity index (χ3v) is 4.92. The molecule has 122 valence electrons. The summed E-state index contributed by atoms with van der Waals surface area (Å²) in [5.74, 6) is 2.22. The lowest BCUT2D eigenvalue weighted by molar-refractivity contribution is 0.854. The molecule has 23 heavy (non-hydrogen) atoms. The minimum atomic E-state index is 0.692. The molecule has 0 heterocycles. The molecule has 2 nitrogen and oxygen atoms in total. The summed E-state index contributed by atoms with van der Waals surface area (Å²) < 4.78 is 0. The van der Waals surface area contributed by atoms with E-state index in [2.05, 4.69) is 60.9 Å². The Balaban J connectivity index is 1.57. The molecule has 0 saturated heterocycles. The molecule has 0 saturated carbocycles. The lowest BCUT2D eigenvalue weighted by atomic mass is 10.1. The molecule has 0 aliphatic heterocycles. The molecule has 0 atom stereocenters. The molecule has 0 unspecified atom stereocenters. The molecule has 0 spiro atoms. The molecule has 0 bridgehead atoms. The van der Waals surface area contributed by atoms with E-state index >= 15 is 0 Å². The van der Waals surface area contributed by atoms with Gasteiger partial charge in [0.05, 0.1) is 0 Å². The van der Waals surface area contributed by atoms with Gasteiger partial charge >= 0.3 is 0 Å². The largest absolute Gasteiger partial charge is 0.362 e. The summed E-state index contributed by atoms with van der Waals surface area (Å²) in [6.45, 7) is 5.15. The van der Waals surface area contributed by atoms with E-state index in [1.54, 1.807) is 0 Å². The minimum Gasteiger partial charge on any atom is -0.362 e. The van der Waals surface area contributed by atoms with Crippen LogP contribution in [-0.2, 0) is 5.75 Å². The highest BCUT2D eigenvalue weighted by Gasteiger charge is 1.99. The van der Waals surface area contributed by atoms with Gasteiger partial charge in [-0.05, 0) is 61.5 Å². The topological polar surface area (TPSA) is 24.1 Å². The summed E-state index contributed by atoms with van der Waals surface area (Å²) in [5, 5.41) is 7.16. The first-order valence-corrected chi connectivity index (χ1v) is 9.45. The number of anilines is 1. The maximum Gasteiger partial charge on any atom is 0.170 e. The number of hydrogen-bond acceptors (Lipinski definition) is 2. The van der Waals surface area contributed by atoms with Gasteiger partial charge in [0.25, 0.3) is 0 Å². The normalized spacial score (nSPS) is 10.3. The fourth-order valence-corrected chi connectivity index (χ4v) is 3.40. The van der Waals surface area contributed by atoms with Crippen molar-refractivity contribution >= 4 is 34.8 Å². The van der Waals surface area contributed by atoms with E-state index < -0.39 is 0 Å². The number of nitrogens with one attached hydrogen (secondary N) is 2. The van der Waals surface area contributed by atoms with Gasteiger partial charge < -0.3 is 10.6 Å². The lowest BCUT2D eigenvalue weighted by Gasteiger charge is -2.11. The summed E-state index contributed by atoms with van der Waals surface area (Å²) in [6.07, 6.45) is 1.10. The molecule has 2 rings (SSSR count). The average Bonchev–Trinajstić information content (AvgIpc) is 2.54. The van der Waals surface area contributed by atoms with Crippen LogP contribution in [0.4, 0.5) is 5.69 Å². The molecule has 0 radical (unpaired) electrons. The van der Waals surface area contributed by atoms with Crippen molar-refractivity contribution < 1.29 is 0 Å². The summed E-state index contributed by atoms with van der Waals surface area (Å²) in [7, 11) is 0. The molecule has 0 aliphatic rings. The SMILES string of the molecule is Cc1ccc(NC(=S)NCCCSCc2ccccc2C)cc1. The fraction of sp³-hybridized carbons (Fsp3) is 0.316. The van der Waals surface area contributed by atoms with Crippen LogP contribution in [0.5, 0.6) is 0 Å². The van der Waals surface area contributed by atoms with E-state index in [9.17, 15) is 0 Å². The molecule has 2 N–H and O–H groups in total. The number of rotatable bonds is 7. The van der Waals surface area contributed by atoms with Gasteiger partial charge in [0.1, 0.15) is 0 Å². The Labute approximate surface area is 149 Å². The van der Waals surface area contributed by atoms with Crippen molar-refractivity contribution in [2.75, 3.05) is 17.6 Å². The highest BCUT2D eigenvalue weighted by Crippen LogP contribution is 2.16. The molecule has 0 aliphatic carbocycles. The molecule has 2 aromatic rings. The molecule has 4 heteroatoms. The highest BCUT2D eigenvalue weighted by molar-refractivity contribution is 7.98. The first-order valence-electron chi connectivity index (χ1n) is 7.89. The Hall–Kier alpha value is -1.52. The minimum absolute atomic E-state index is 0.692. The quantitative estimate of drug-likeness (QED) is 0.550. The third kappa shape index (κ3) is 6.63. The maximum atomic E-state index is 5.31. The summed E-state index contributed by atoms with van der Waals surface area (Å²) >= 11 is 7.29.